The fourth-order valence-electron chi connectivity index (χ4n) is 2.67. The molecule has 2 rings (SSSR count). The van der Waals surface area contributed by atoms with Crippen LogP contribution in [0, 0.1) is 19.8 Å². The molecule has 1 aromatic rings. The van der Waals surface area contributed by atoms with Gasteiger partial charge in [-0.15, -0.1) is 0 Å². The zero-order valence-electron chi connectivity index (χ0n) is 11.6. The predicted molar refractivity (Wildman–Crippen MR) is 71.8 cm³/mol. The molecule has 0 bridgehead atoms. The third-order valence-electron chi connectivity index (χ3n) is 3.61. The first-order valence-corrected chi connectivity index (χ1v) is 6.73. The highest BCUT2D eigenvalue weighted by atomic mass is 16.5. The van der Waals surface area contributed by atoms with Crippen molar-refractivity contribution in [1.29, 1.82) is 0 Å². The van der Waals surface area contributed by atoms with E-state index in [0.717, 1.165) is 38.4 Å². The van der Waals surface area contributed by atoms with E-state index < -0.39 is 0 Å². The van der Waals surface area contributed by atoms with Crippen LogP contribution in [0.25, 0.3) is 0 Å². The van der Waals surface area contributed by atoms with E-state index in [1.165, 1.54) is 23.4 Å². The molecule has 1 heterocycles. The fourth-order valence-corrected chi connectivity index (χ4v) is 2.67. The summed E-state index contributed by atoms with van der Waals surface area (Å²) in [7, 11) is 1.74. The molecule has 0 amide bonds. The Morgan fingerprint density at radius 3 is 2.94 bits per heavy atom. The molecule has 0 saturated carbocycles. The maximum Gasteiger partial charge on any atom is 0.125 e. The van der Waals surface area contributed by atoms with Crippen molar-refractivity contribution in [3.63, 3.8) is 0 Å². The van der Waals surface area contributed by atoms with Gasteiger partial charge in [-0.25, -0.2) is 9.97 Å². The lowest BCUT2D eigenvalue weighted by Crippen LogP contribution is -2.30. The summed E-state index contributed by atoms with van der Waals surface area (Å²) < 4.78 is 5.04. The van der Waals surface area contributed by atoms with Gasteiger partial charge >= 0.3 is 0 Å². The van der Waals surface area contributed by atoms with Crippen molar-refractivity contribution >= 4 is 0 Å². The number of methoxy groups -OCH3 is 1. The van der Waals surface area contributed by atoms with Crippen LogP contribution in [0.2, 0.25) is 0 Å². The van der Waals surface area contributed by atoms with Gasteiger partial charge in [0.25, 0.3) is 0 Å². The average Bonchev–Trinajstić information content (AvgIpc) is 2.35. The van der Waals surface area contributed by atoms with E-state index in [-0.39, 0.29) is 0 Å². The summed E-state index contributed by atoms with van der Waals surface area (Å²) in [6, 6.07) is 0. The molecule has 1 aromatic heterocycles. The molecule has 1 N–H and O–H groups in total. The quantitative estimate of drug-likeness (QED) is 0.802. The SMILES string of the molecule is COCCNCC1CCc2nc(C)nc(C)c2C1. The van der Waals surface area contributed by atoms with Crippen molar-refractivity contribution in [2.45, 2.75) is 33.1 Å². The number of aromatic nitrogens is 2. The van der Waals surface area contributed by atoms with Crippen LogP contribution in [-0.2, 0) is 17.6 Å². The lowest BCUT2D eigenvalue weighted by Gasteiger charge is -2.25. The number of hydrogen-bond acceptors (Lipinski definition) is 4. The lowest BCUT2D eigenvalue weighted by molar-refractivity contribution is 0.197. The number of aryl methyl sites for hydroxylation is 3. The number of nitrogens with zero attached hydrogens (tertiary/aromatic N) is 2. The van der Waals surface area contributed by atoms with Gasteiger partial charge in [-0.05, 0) is 51.1 Å². The van der Waals surface area contributed by atoms with Crippen LogP contribution in [0.1, 0.15) is 29.2 Å². The maximum atomic E-state index is 5.04. The number of rotatable bonds is 5. The predicted octanol–water partition coefficient (Wildman–Crippen LogP) is 1.43. The molecule has 0 radical (unpaired) electrons. The Labute approximate surface area is 109 Å². The molecule has 0 spiro atoms. The van der Waals surface area contributed by atoms with Gasteiger partial charge < -0.3 is 10.1 Å². The summed E-state index contributed by atoms with van der Waals surface area (Å²) in [5, 5.41) is 3.45. The molecule has 0 aliphatic heterocycles. The van der Waals surface area contributed by atoms with Gasteiger partial charge in [0.05, 0.1) is 6.61 Å². The normalized spacial score (nSPS) is 18.7. The van der Waals surface area contributed by atoms with E-state index in [2.05, 4.69) is 22.2 Å². The molecule has 1 atom stereocenters. The van der Waals surface area contributed by atoms with Gasteiger partial charge in [-0.3, -0.25) is 0 Å². The average molecular weight is 249 g/mol. The van der Waals surface area contributed by atoms with Crippen molar-refractivity contribution in [2.24, 2.45) is 5.92 Å². The molecule has 1 aliphatic rings. The minimum atomic E-state index is 0.708. The highest BCUT2D eigenvalue weighted by Crippen LogP contribution is 2.25. The van der Waals surface area contributed by atoms with E-state index in [1.54, 1.807) is 7.11 Å². The molecule has 0 saturated heterocycles. The Morgan fingerprint density at radius 1 is 1.33 bits per heavy atom. The Bertz CT molecular complexity index is 406. The summed E-state index contributed by atoms with van der Waals surface area (Å²) in [4.78, 5) is 9.05. The second-order valence-electron chi connectivity index (χ2n) is 5.09. The third kappa shape index (κ3) is 3.27. The van der Waals surface area contributed by atoms with Crippen molar-refractivity contribution in [3.8, 4) is 0 Å². The molecule has 0 aromatic carbocycles. The van der Waals surface area contributed by atoms with Crippen molar-refractivity contribution < 1.29 is 4.74 Å². The van der Waals surface area contributed by atoms with E-state index in [1.807, 2.05) is 6.92 Å². The molecule has 1 aliphatic carbocycles. The zero-order chi connectivity index (χ0) is 13.0. The zero-order valence-corrected chi connectivity index (χ0v) is 11.6. The summed E-state index contributed by atoms with van der Waals surface area (Å²) in [5.74, 6) is 1.61. The van der Waals surface area contributed by atoms with Crippen LogP contribution in [-0.4, -0.2) is 36.8 Å². The van der Waals surface area contributed by atoms with Crippen LogP contribution in [0.5, 0.6) is 0 Å². The highest BCUT2D eigenvalue weighted by molar-refractivity contribution is 5.28. The van der Waals surface area contributed by atoms with Gasteiger partial charge in [-0.1, -0.05) is 0 Å². The van der Waals surface area contributed by atoms with Crippen LogP contribution < -0.4 is 5.32 Å². The summed E-state index contributed by atoms with van der Waals surface area (Å²) in [6.45, 7) is 6.86. The van der Waals surface area contributed by atoms with Gasteiger partial charge in [0, 0.05) is 25.0 Å². The molecule has 0 fully saturated rings. The topological polar surface area (TPSA) is 47.0 Å². The van der Waals surface area contributed by atoms with Crippen molar-refractivity contribution in [1.82, 2.24) is 15.3 Å². The number of hydrogen-bond donors (Lipinski definition) is 1. The Morgan fingerprint density at radius 2 is 2.17 bits per heavy atom. The third-order valence-corrected chi connectivity index (χ3v) is 3.61. The molecular formula is C14H23N3O. The fraction of sp³-hybridized carbons (Fsp3) is 0.714. The van der Waals surface area contributed by atoms with Gasteiger partial charge in [0.1, 0.15) is 5.82 Å². The van der Waals surface area contributed by atoms with E-state index in [0.29, 0.717) is 5.92 Å². The smallest absolute Gasteiger partial charge is 0.125 e. The molecule has 4 nitrogen and oxygen atoms in total. The minimum Gasteiger partial charge on any atom is -0.383 e. The summed E-state index contributed by atoms with van der Waals surface area (Å²) in [6.07, 6.45) is 3.43. The van der Waals surface area contributed by atoms with Crippen LogP contribution >= 0.6 is 0 Å². The molecule has 100 valence electrons. The molecule has 1 unspecified atom stereocenters. The lowest BCUT2D eigenvalue weighted by atomic mass is 9.86. The van der Waals surface area contributed by atoms with E-state index in [4.69, 9.17) is 4.74 Å². The number of ether oxygens (including phenoxy) is 1. The molecular weight excluding hydrogens is 226 g/mol. The number of fused-ring (bicyclic) bond motifs is 1. The monoisotopic (exact) mass is 249 g/mol. The van der Waals surface area contributed by atoms with Crippen molar-refractivity contribution in [3.05, 3.63) is 22.8 Å². The van der Waals surface area contributed by atoms with Gasteiger partial charge in [-0.2, -0.15) is 0 Å². The largest absolute Gasteiger partial charge is 0.383 e. The van der Waals surface area contributed by atoms with E-state index in [9.17, 15) is 0 Å². The van der Waals surface area contributed by atoms with Crippen LogP contribution in [0.4, 0.5) is 0 Å². The van der Waals surface area contributed by atoms with Crippen LogP contribution in [0.3, 0.4) is 0 Å². The first kappa shape index (κ1) is 13.4. The second kappa shape index (κ2) is 6.25. The Hall–Kier alpha value is -1.00. The first-order chi connectivity index (χ1) is 8.70. The number of nitrogens with one attached hydrogen (secondary N) is 1. The Balaban J connectivity index is 1.93. The van der Waals surface area contributed by atoms with Crippen LogP contribution in [0.15, 0.2) is 0 Å². The summed E-state index contributed by atoms with van der Waals surface area (Å²) in [5.41, 5.74) is 3.82. The summed E-state index contributed by atoms with van der Waals surface area (Å²) >= 11 is 0. The molecule has 4 heteroatoms. The molecule has 18 heavy (non-hydrogen) atoms. The minimum absolute atomic E-state index is 0.708. The van der Waals surface area contributed by atoms with Gasteiger partial charge in [0.15, 0.2) is 0 Å². The maximum absolute atomic E-state index is 5.04. The standard InChI is InChI=1S/C14H23N3O/c1-10-13-8-12(9-15-6-7-18-3)4-5-14(13)17-11(2)16-10/h12,15H,4-9H2,1-3H3. The first-order valence-electron chi connectivity index (χ1n) is 6.73. The van der Waals surface area contributed by atoms with Gasteiger partial charge in [0.2, 0.25) is 0 Å². The Kier molecular flexibility index (Phi) is 4.66. The van der Waals surface area contributed by atoms with Crippen molar-refractivity contribution in [2.75, 3.05) is 26.8 Å². The second-order valence-corrected chi connectivity index (χ2v) is 5.09. The van der Waals surface area contributed by atoms with E-state index >= 15 is 0 Å². The highest BCUT2D eigenvalue weighted by Gasteiger charge is 2.21.